The molecule has 2 amide bonds. The molecule has 0 aromatic heterocycles. The standard InChI is InChI=1S/C26H23ClN2O4S/c27-19-6-3-5-17(13-19)16-29-22-14-18(25(30)28-15-20-7-4-12-33-20)10-11-24(22)34(32)23-9-2-1-8-21(23)26(29)31/h1-3,5-6,8-11,13-14,20H,4,7,12,15-16H2,(H,28,30)/t20-,34-/m1/s1. The number of benzene rings is 3. The Morgan fingerprint density at radius 1 is 1.09 bits per heavy atom. The summed E-state index contributed by atoms with van der Waals surface area (Å²) in [6, 6.07) is 19.1. The Kier molecular flexibility index (Phi) is 6.50. The number of hydrogen-bond acceptors (Lipinski definition) is 4. The van der Waals surface area contributed by atoms with Gasteiger partial charge >= 0.3 is 0 Å². The van der Waals surface area contributed by atoms with E-state index in [1.54, 1.807) is 59.5 Å². The van der Waals surface area contributed by atoms with Gasteiger partial charge in [-0.1, -0.05) is 35.9 Å². The van der Waals surface area contributed by atoms with Gasteiger partial charge in [-0.3, -0.25) is 9.59 Å². The van der Waals surface area contributed by atoms with Gasteiger partial charge in [0.2, 0.25) is 0 Å². The van der Waals surface area contributed by atoms with Gasteiger partial charge in [-0.25, -0.2) is 4.21 Å². The third kappa shape index (κ3) is 4.51. The maximum atomic E-state index is 13.7. The molecule has 0 saturated carbocycles. The SMILES string of the molecule is O=C(NC[C@H]1CCCO1)c1ccc2c(c1)N(Cc1cccc(Cl)c1)C(=O)c1ccccc1[S@]2=O. The van der Waals surface area contributed by atoms with E-state index < -0.39 is 10.8 Å². The first-order chi connectivity index (χ1) is 16.5. The van der Waals surface area contributed by atoms with Crippen LogP contribution >= 0.6 is 11.6 Å². The van der Waals surface area contributed by atoms with Crippen molar-refractivity contribution < 1.29 is 18.5 Å². The normalized spacial score (nSPS) is 19.3. The highest BCUT2D eigenvalue weighted by Crippen LogP contribution is 2.36. The molecule has 0 bridgehead atoms. The fraction of sp³-hybridized carbons (Fsp3) is 0.231. The van der Waals surface area contributed by atoms with Crippen LogP contribution in [0.3, 0.4) is 0 Å². The number of amides is 2. The average molecular weight is 495 g/mol. The minimum absolute atomic E-state index is 0.0210. The Labute approximate surface area is 205 Å². The molecule has 34 heavy (non-hydrogen) atoms. The van der Waals surface area contributed by atoms with E-state index in [0.29, 0.717) is 44.8 Å². The fourth-order valence-electron chi connectivity index (χ4n) is 4.29. The zero-order valence-electron chi connectivity index (χ0n) is 18.3. The second kappa shape index (κ2) is 9.70. The maximum absolute atomic E-state index is 13.7. The van der Waals surface area contributed by atoms with Crippen molar-refractivity contribution in [2.24, 2.45) is 0 Å². The van der Waals surface area contributed by atoms with Crippen LogP contribution < -0.4 is 10.2 Å². The number of anilines is 1. The van der Waals surface area contributed by atoms with Crippen molar-refractivity contribution in [3.05, 3.63) is 88.4 Å². The number of nitrogens with zero attached hydrogens (tertiary/aromatic N) is 1. The summed E-state index contributed by atoms with van der Waals surface area (Å²) >= 11 is 6.18. The molecule has 2 aliphatic heterocycles. The Balaban J connectivity index is 1.54. The molecule has 0 aliphatic carbocycles. The van der Waals surface area contributed by atoms with Crippen LogP contribution in [0.25, 0.3) is 0 Å². The first kappa shape index (κ1) is 22.8. The van der Waals surface area contributed by atoms with E-state index in [0.717, 1.165) is 18.4 Å². The number of ether oxygens (including phenoxy) is 1. The van der Waals surface area contributed by atoms with Crippen LogP contribution in [0.4, 0.5) is 5.69 Å². The topological polar surface area (TPSA) is 75.7 Å². The molecule has 6 nitrogen and oxygen atoms in total. The Morgan fingerprint density at radius 2 is 1.94 bits per heavy atom. The van der Waals surface area contributed by atoms with E-state index in [9.17, 15) is 13.8 Å². The molecule has 174 valence electrons. The number of carbonyl (C=O) groups excluding carboxylic acids is 2. The van der Waals surface area contributed by atoms with E-state index in [4.69, 9.17) is 16.3 Å². The summed E-state index contributed by atoms with van der Waals surface area (Å²) in [7, 11) is -1.58. The van der Waals surface area contributed by atoms with Gasteiger partial charge in [0, 0.05) is 23.7 Å². The Bertz CT molecular complexity index is 1290. The third-order valence-corrected chi connectivity index (χ3v) is 7.75. The van der Waals surface area contributed by atoms with Crippen LogP contribution in [0.2, 0.25) is 5.02 Å². The summed E-state index contributed by atoms with van der Waals surface area (Å²) in [4.78, 5) is 29.1. The lowest BCUT2D eigenvalue weighted by Gasteiger charge is -2.24. The molecule has 3 aromatic carbocycles. The molecule has 0 unspecified atom stereocenters. The van der Waals surface area contributed by atoms with Gasteiger partial charge in [-0.05, 0) is 60.9 Å². The zero-order chi connectivity index (χ0) is 23.7. The van der Waals surface area contributed by atoms with Crippen molar-refractivity contribution >= 4 is 39.9 Å². The van der Waals surface area contributed by atoms with E-state index in [2.05, 4.69) is 5.32 Å². The molecule has 2 heterocycles. The fourth-order valence-corrected chi connectivity index (χ4v) is 5.85. The first-order valence-corrected chi connectivity index (χ1v) is 12.6. The molecule has 0 radical (unpaired) electrons. The molecular weight excluding hydrogens is 472 g/mol. The van der Waals surface area contributed by atoms with Crippen molar-refractivity contribution in [2.75, 3.05) is 18.1 Å². The lowest BCUT2D eigenvalue weighted by atomic mass is 10.1. The predicted molar refractivity (Wildman–Crippen MR) is 131 cm³/mol. The van der Waals surface area contributed by atoms with Crippen molar-refractivity contribution in [1.29, 1.82) is 0 Å². The summed E-state index contributed by atoms with van der Waals surface area (Å²) in [5, 5.41) is 3.48. The highest BCUT2D eigenvalue weighted by Gasteiger charge is 2.31. The summed E-state index contributed by atoms with van der Waals surface area (Å²) in [5.74, 6) is -0.541. The Hall–Kier alpha value is -3.00. The second-order valence-corrected chi connectivity index (χ2v) is 10.2. The minimum Gasteiger partial charge on any atom is -0.376 e. The molecule has 1 N–H and O–H groups in total. The van der Waals surface area contributed by atoms with Crippen LogP contribution in [-0.2, 0) is 22.1 Å². The van der Waals surface area contributed by atoms with Crippen molar-refractivity contribution in [3.63, 3.8) is 0 Å². The van der Waals surface area contributed by atoms with Gasteiger partial charge < -0.3 is 15.0 Å². The summed E-state index contributed by atoms with van der Waals surface area (Å²) in [5.41, 5.74) is 2.04. The molecular formula is C26H23ClN2O4S. The average Bonchev–Trinajstić information content (AvgIpc) is 3.36. The predicted octanol–water partition coefficient (Wildman–Crippen LogP) is 4.58. The molecule has 1 saturated heterocycles. The first-order valence-electron chi connectivity index (χ1n) is 11.1. The molecule has 2 aliphatic rings. The summed E-state index contributed by atoms with van der Waals surface area (Å²) < 4.78 is 19.1. The largest absolute Gasteiger partial charge is 0.376 e. The van der Waals surface area contributed by atoms with Gasteiger partial charge in [0.1, 0.15) is 0 Å². The molecule has 5 rings (SSSR count). The van der Waals surface area contributed by atoms with E-state index in [1.807, 2.05) is 12.1 Å². The second-order valence-electron chi connectivity index (χ2n) is 8.31. The number of hydrogen-bond donors (Lipinski definition) is 1. The minimum atomic E-state index is -1.58. The summed E-state index contributed by atoms with van der Waals surface area (Å²) in [6.07, 6.45) is 1.93. The van der Waals surface area contributed by atoms with Gasteiger partial charge in [0.05, 0.1) is 44.5 Å². The highest BCUT2D eigenvalue weighted by molar-refractivity contribution is 7.85. The molecule has 0 spiro atoms. The van der Waals surface area contributed by atoms with E-state index >= 15 is 0 Å². The highest BCUT2D eigenvalue weighted by atomic mass is 35.5. The van der Waals surface area contributed by atoms with Crippen LogP contribution in [0.5, 0.6) is 0 Å². The van der Waals surface area contributed by atoms with Crippen LogP contribution in [0.15, 0.2) is 76.5 Å². The summed E-state index contributed by atoms with van der Waals surface area (Å²) in [6.45, 7) is 1.36. The monoisotopic (exact) mass is 494 g/mol. The van der Waals surface area contributed by atoms with Gasteiger partial charge in [-0.2, -0.15) is 0 Å². The maximum Gasteiger partial charge on any atom is 0.259 e. The molecule has 8 heteroatoms. The van der Waals surface area contributed by atoms with Crippen LogP contribution in [0, 0.1) is 0 Å². The molecule has 2 atom stereocenters. The Morgan fingerprint density at radius 3 is 2.74 bits per heavy atom. The van der Waals surface area contributed by atoms with Crippen LogP contribution in [0.1, 0.15) is 39.1 Å². The number of nitrogens with one attached hydrogen (secondary N) is 1. The number of halogens is 1. The number of rotatable bonds is 5. The molecule has 1 fully saturated rings. The number of fused-ring (bicyclic) bond motifs is 2. The third-order valence-electron chi connectivity index (χ3n) is 6.02. The number of carbonyl (C=O) groups is 2. The van der Waals surface area contributed by atoms with Crippen molar-refractivity contribution in [1.82, 2.24) is 5.32 Å². The van der Waals surface area contributed by atoms with Gasteiger partial charge in [-0.15, -0.1) is 0 Å². The van der Waals surface area contributed by atoms with E-state index in [-0.39, 0.29) is 24.5 Å². The lowest BCUT2D eigenvalue weighted by Crippen LogP contribution is -2.33. The quantitative estimate of drug-likeness (QED) is 0.563. The van der Waals surface area contributed by atoms with Crippen LogP contribution in [-0.4, -0.2) is 35.3 Å². The van der Waals surface area contributed by atoms with Crippen molar-refractivity contribution in [2.45, 2.75) is 35.3 Å². The molecule has 3 aromatic rings. The smallest absolute Gasteiger partial charge is 0.259 e. The van der Waals surface area contributed by atoms with E-state index in [1.165, 1.54) is 0 Å². The van der Waals surface area contributed by atoms with Gasteiger partial charge in [0.15, 0.2) is 0 Å². The van der Waals surface area contributed by atoms with Crippen molar-refractivity contribution in [3.8, 4) is 0 Å². The zero-order valence-corrected chi connectivity index (χ0v) is 19.9. The lowest BCUT2D eigenvalue weighted by molar-refractivity contribution is 0.0857. The van der Waals surface area contributed by atoms with Gasteiger partial charge in [0.25, 0.3) is 11.8 Å².